The normalized spacial score (nSPS) is 10.1. The highest BCUT2D eigenvalue weighted by Crippen LogP contribution is 2.25. The molecule has 1 aromatic carbocycles. The maximum absolute atomic E-state index is 12.2. The van der Waals surface area contributed by atoms with Gasteiger partial charge in [0.1, 0.15) is 10.6 Å². The van der Waals surface area contributed by atoms with Gasteiger partial charge in [0.15, 0.2) is 0 Å². The van der Waals surface area contributed by atoms with E-state index in [1.54, 1.807) is 30.5 Å². The van der Waals surface area contributed by atoms with Crippen LogP contribution >= 0.6 is 11.3 Å². The minimum atomic E-state index is -0.497. The Bertz CT molecular complexity index is 663. The topological polar surface area (TPSA) is 75.6 Å². The third-order valence-electron chi connectivity index (χ3n) is 2.83. The molecule has 0 unspecified atom stereocenters. The van der Waals surface area contributed by atoms with Crippen molar-refractivity contribution in [3.05, 3.63) is 45.6 Å². The molecule has 2 N–H and O–H groups in total. The molecule has 0 bridgehead atoms. The molecular formula is C14H13NO4S. The molecule has 0 saturated carbocycles. The van der Waals surface area contributed by atoms with Gasteiger partial charge in [0.05, 0.1) is 12.8 Å². The molecule has 0 radical (unpaired) electrons. The van der Waals surface area contributed by atoms with Crippen molar-refractivity contribution in [1.29, 1.82) is 0 Å². The Labute approximate surface area is 119 Å². The van der Waals surface area contributed by atoms with E-state index in [1.165, 1.54) is 24.5 Å². The van der Waals surface area contributed by atoms with Gasteiger partial charge >= 0.3 is 5.97 Å². The summed E-state index contributed by atoms with van der Waals surface area (Å²) in [5.41, 5.74) is 1.24. The molecule has 5 nitrogen and oxygen atoms in total. The van der Waals surface area contributed by atoms with E-state index in [9.17, 15) is 14.7 Å². The molecule has 20 heavy (non-hydrogen) atoms. The first-order valence-corrected chi connectivity index (χ1v) is 6.68. The Morgan fingerprint density at radius 3 is 2.75 bits per heavy atom. The average molecular weight is 291 g/mol. The summed E-state index contributed by atoms with van der Waals surface area (Å²) in [4.78, 5) is 24.0. The van der Waals surface area contributed by atoms with Gasteiger partial charge in [-0.05, 0) is 30.5 Å². The number of amides is 1. The second-order valence-electron chi connectivity index (χ2n) is 4.06. The molecule has 0 atom stereocenters. The van der Waals surface area contributed by atoms with Gasteiger partial charge in [-0.15, -0.1) is 11.3 Å². The summed E-state index contributed by atoms with van der Waals surface area (Å²) in [6.07, 6.45) is 0. The minimum Gasteiger partial charge on any atom is -0.508 e. The summed E-state index contributed by atoms with van der Waals surface area (Å²) in [5.74, 6) is -0.832. The summed E-state index contributed by atoms with van der Waals surface area (Å²) < 4.78 is 4.65. The number of ether oxygens (including phenoxy) is 1. The molecule has 1 amide bonds. The molecule has 0 spiro atoms. The van der Waals surface area contributed by atoms with Crippen LogP contribution in [0.15, 0.2) is 29.6 Å². The van der Waals surface area contributed by atoms with Crippen LogP contribution in [0.2, 0.25) is 0 Å². The first kappa shape index (κ1) is 14.1. The lowest BCUT2D eigenvalue weighted by molar-refractivity contribution is 0.0607. The van der Waals surface area contributed by atoms with Gasteiger partial charge in [0.25, 0.3) is 5.91 Å². The Morgan fingerprint density at radius 2 is 2.05 bits per heavy atom. The largest absolute Gasteiger partial charge is 0.508 e. The Morgan fingerprint density at radius 1 is 1.30 bits per heavy atom. The maximum Gasteiger partial charge on any atom is 0.350 e. The number of phenolic OH excluding ortho intramolecular Hbond substituents is 1. The van der Waals surface area contributed by atoms with E-state index >= 15 is 0 Å². The van der Waals surface area contributed by atoms with E-state index in [-0.39, 0.29) is 11.7 Å². The van der Waals surface area contributed by atoms with Crippen LogP contribution in [0.1, 0.15) is 25.6 Å². The number of carbonyl (C=O) groups is 2. The van der Waals surface area contributed by atoms with Crippen molar-refractivity contribution in [3.63, 3.8) is 0 Å². The van der Waals surface area contributed by atoms with Gasteiger partial charge in [0.2, 0.25) is 0 Å². The van der Waals surface area contributed by atoms with E-state index in [4.69, 9.17) is 0 Å². The summed E-state index contributed by atoms with van der Waals surface area (Å²) in [7, 11) is 1.28. The molecule has 0 aliphatic heterocycles. The fourth-order valence-corrected chi connectivity index (χ4v) is 2.48. The quantitative estimate of drug-likeness (QED) is 0.853. The third kappa shape index (κ3) is 2.65. The predicted octanol–water partition coefficient (Wildman–Crippen LogP) is 2.80. The van der Waals surface area contributed by atoms with Crippen LogP contribution in [0.4, 0.5) is 5.69 Å². The number of hydrogen-bond acceptors (Lipinski definition) is 5. The molecule has 1 aromatic heterocycles. The molecule has 0 fully saturated rings. The highest BCUT2D eigenvalue weighted by molar-refractivity contribution is 7.12. The third-order valence-corrected chi connectivity index (χ3v) is 3.73. The average Bonchev–Trinajstić information content (AvgIpc) is 2.89. The maximum atomic E-state index is 12.2. The lowest BCUT2D eigenvalue weighted by atomic mass is 10.1. The van der Waals surface area contributed by atoms with E-state index < -0.39 is 5.97 Å². The van der Waals surface area contributed by atoms with E-state index in [0.717, 1.165) is 0 Å². The number of anilines is 1. The van der Waals surface area contributed by atoms with Crippen molar-refractivity contribution in [2.75, 3.05) is 12.4 Å². The van der Waals surface area contributed by atoms with Crippen LogP contribution in [-0.2, 0) is 4.74 Å². The van der Waals surface area contributed by atoms with Crippen molar-refractivity contribution >= 4 is 28.9 Å². The fourth-order valence-electron chi connectivity index (χ4n) is 1.72. The zero-order valence-corrected chi connectivity index (χ0v) is 11.8. The summed E-state index contributed by atoms with van der Waals surface area (Å²) in [5, 5.41) is 13.9. The zero-order valence-electron chi connectivity index (χ0n) is 11.0. The lowest BCUT2D eigenvalue weighted by Gasteiger charge is -2.08. The highest BCUT2D eigenvalue weighted by atomic mass is 32.1. The molecule has 2 rings (SSSR count). The van der Waals surface area contributed by atoms with Gasteiger partial charge in [-0.3, -0.25) is 4.79 Å². The van der Waals surface area contributed by atoms with Crippen LogP contribution in [-0.4, -0.2) is 24.1 Å². The summed E-state index contributed by atoms with van der Waals surface area (Å²) in [6, 6.07) is 6.34. The highest BCUT2D eigenvalue weighted by Gasteiger charge is 2.17. The molecule has 0 aliphatic rings. The van der Waals surface area contributed by atoms with Gasteiger partial charge < -0.3 is 15.2 Å². The number of carbonyl (C=O) groups excluding carboxylic acids is 2. The Kier molecular flexibility index (Phi) is 4.05. The fraction of sp³-hybridized carbons (Fsp3) is 0.143. The van der Waals surface area contributed by atoms with E-state index in [0.29, 0.717) is 21.7 Å². The second kappa shape index (κ2) is 5.75. The molecule has 104 valence electrons. The molecule has 0 aliphatic carbocycles. The monoisotopic (exact) mass is 291 g/mol. The van der Waals surface area contributed by atoms with Crippen molar-refractivity contribution in [2.45, 2.75) is 6.92 Å². The molecule has 2 aromatic rings. The van der Waals surface area contributed by atoms with Crippen LogP contribution in [0.3, 0.4) is 0 Å². The second-order valence-corrected chi connectivity index (χ2v) is 4.97. The Hall–Kier alpha value is -2.34. The molecular weight excluding hydrogens is 278 g/mol. The number of phenols is 1. The van der Waals surface area contributed by atoms with Crippen molar-refractivity contribution in [3.8, 4) is 5.75 Å². The molecule has 6 heteroatoms. The van der Waals surface area contributed by atoms with Gasteiger partial charge in [-0.1, -0.05) is 6.07 Å². The first-order valence-electron chi connectivity index (χ1n) is 5.80. The van der Waals surface area contributed by atoms with Gasteiger partial charge in [-0.25, -0.2) is 4.79 Å². The van der Waals surface area contributed by atoms with Crippen LogP contribution in [0.25, 0.3) is 0 Å². The SMILES string of the molecule is COC(=O)c1sccc1NC(=O)c1cccc(O)c1C. The number of thiophene rings is 1. The van der Waals surface area contributed by atoms with Crippen molar-refractivity contribution < 1.29 is 19.4 Å². The molecule has 0 saturated heterocycles. The van der Waals surface area contributed by atoms with Gasteiger partial charge in [-0.2, -0.15) is 0 Å². The standard InChI is InChI=1S/C14H13NO4S/c1-8-9(4-3-5-11(8)16)13(17)15-10-6-7-20-12(10)14(18)19-2/h3-7,16H,1-2H3,(H,15,17). The lowest BCUT2D eigenvalue weighted by Crippen LogP contribution is -2.15. The molecule has 1 heterocycles. The Balaban J connectivity index is 2.27. The summed E-state index contributed by atoms with van der Waals surface area (Å²) in [6.45, 7) is 1.65. The van der Waals surface area contributed by atoms with Crippen LogP contribution in [0, 0.1) is 6.92 Å². The van der Waals surface area contributed by atoms with Crippen molar-refractivity contribution in [1.82, 2.24) is 0 Å². The summed E-state index contributed by atoms with van der Waals surface area (Å²) >= 11 is 1.19. The van der Waals surface area contributed by atoms with Crippen LogP contribution in [0.5, 0.6) is 5.75 Å². The van der Waals surface area contributed by atoms with Crippen molar-refractivity contribution in [2.24, 2.45) is 0 Å². The number of rotatable bonds is 3. The number of methoxy groups -OCH3 is 1. The number of nitrogens with one attached hydrogen (secondary N) is 1. The number of benzene rings is 1. The number of esters is 1. The van der Waals surface area contributed by atoms with E-state index in [2.05, 4.69) is 10.1 Å². The smallest absolute Gasteiger partial charge is 0.350 e. The minimum absolute atomic E-state index is 0.0520. The first-order chi connectivity index (χ1) is 9.54. The number of aromatic hydroxyl groups is 1. The zero-order chi connectivity index (χ0) is 14.7. The predicted molar refractivity (Wildman–Crippen MR) is 76.5 cm³/mol. The van der Waals surface area contributed by atoms with Crippen LogP contribution < -0.4 is 5.32 Å². The number of hydrogen-bond donors (Lipinski definition) is 2. The van der Waals surface area contributed by atoms with E-state index in [1.807, 2.05) is 0 Å². The van der Waals surface area contributed by atoms with Gasteiger partial charge in [0, 0.05) is 11.1 Å².